The molecule has 4 bridgehead atoms. The molecule has 5 heterocycles. The van der Waals surface area contributed by atoms with Crippen molar-refractivity contribution in [2.24, 2.45) is 18.7 Å². The van der Waals surface area contributed by atoms with Gasteiger partial charge in [-0.25, -0.2) is 18.7 Å². The zero-order valence-corrected chi connectivity index (χ0v) is 28.5. The van der Waals surface area contributed by atoms with Gasteiger partial charge in [-0.1, -0.05) is 6.42 Å². The van der Waals surface area contributed by atoms with E-state index in [2.05, 4.69) is 16.0 Å². The number of likely N-dealkylation sites (tertiary alicyclic amines) is 1. The molecule has 10 nitrogen and oxygen atoms in total. The van der Waals surface area contributed by atoms with Gasteiger partial charge in [0.05, 0.1) is 30.1 Å². The van der Waals surface area contributed by atoms with Crippen molar-refractivity contribution in [2.45, 2.75) is 76.5 Å². The van der Waals surface area contributed by atoms with E-state index >= 15 is 0 Å². The third kappa shape index (κ3) is 5.40. The van der Waals surface area contributed by atoms with Crippen LogP contribution in [0.1, 0.15) is 83.5 Å². The number of halogens is 2. The Kier molecular flexibility index (Phi) is 8.08. The van der Waals surface area contributed by atoms with E-state index in [4.69, 9.17) is 20.4 Å². The van der Waals surface area contributed by atoms with Crippen LogP contribution in [0.2, 0.25) is 0 Å². The van der Waals surface area contributed by atoms with Crippen molar-refractivity contribution in [1.82, 2.24) is 29.3 Å². The molecular formula is C38H41F2N7O3. The van der Waals surface area contributed by atoms with Gasteiger partial charge in [0.15, 0.2) is 5.82 Å². The van der Waals surface area contributed by atoms with Crippen molar-refractivity contribution in [1.29, 1.82) is 0 Å². The number of piperidine rings is 1. The largest absolute Gasteiger partial charge is 0.494 e. The zero-order chi connectivity index (χ0) is 34.8. The van der Waals surface area contributed by atoms with Gasteiger partial charge in [0.25, 0.3) is 11.8 Å². The lowest BCUT2D eigenvalue weighted by Crippen LogP contribution is -2.51. The van der Waals surface area contributed by atoms with Gasteiger partial charge in [0, 0.05) is 60.4 Å². The average molecular weight is 682 g/mol. The number of carbonyl (C=O) groups is 2. The van der Waals surface area contributed by atoms with Gasteiger partial charge in [-0.15, -0.1) is 0 Å². The van der Waals surface area contributed by atoms with Crippen molar-refractivity contribution in [3.8, 4) is 17.3 Å². The van der Waals surface area contributed by atoms with Crippen LogP contribution in [0.5, 0.6) is 5.75 Å². The van der Waals surface area contributed by atoms with Crippen LogP contribution < -0.4 is 15.8 Å². The minimum atomic E-state index is -0.782. The number of aromatic nitrogens is 4. The molecule has 50 heavy (non-hydrogen) atoms. The smallest absolute Gasteiger partial charge is 0.254 e. The highest BCUT2D eigenvalue weighted by molar-refractivity contribution is 6.00. The molecule has 0 unspecified atom stereocenters. The molecule has 0 radical (unpaired) electrons. The third-order valence-corrected chi connectivity index (χ3v) is 11.1. The minimum Gasteiger partial charge on any atom is -0.494 e. The van der Waals surface area contributed by atoms with Gasteiger partial charge in [-0.3, -0.25) is 9.59 Å². The van der Waals surface area contributed by atoms with E-state index in [1.54, 1.807) is 20.1 Å². The molecule has 8 rings (SSSR count). The summed E-state index contributed by atoms with van der Waals surface area (Å²) in [7, 11) is 3.54. The fourth-order valence-corrected chi connectivity index (χ4v) is 8.37. The Morgan fingerprint density at radius 2 is 1.90 bits per heavy atom. The van der Waals surface area contributed by atoms with Gasteiger partial charge in [0.1, 0.15) is 28.5 Å². The van der Waals surface area contributed by atoms with Gasteiger partial charge >= 0.3 is 0 Å². The Labute approximate surface area is 288 Å². The maximum Gasteiger partial charge on any atom is 0.254 e. The first-order valence-corrected chi connectivity index (χ1v) is 17.5. The number of aryl methyl sites for hydroxylation is 2. The highest BCUT2D eigenvalue weighted by Gasteiger charge is 2.41. The van der Waals surface area contributed by atoms with Crippen molar-refractivity contribution in [3.05, 3.63) is 76.5 Å². The standard InChI is InChI=1S/C38H41F2N7O3/c1-20-30-11-9-22-15-32(46(35(22)43-30)12-6-4-5-7-26-27(37(48)42-20)17-24(39)18-28(26)40)36-44-31-14-23(16-33(50-3)34(31)45(36)2)38(49)47-19-29(41)21-8-10-25(47)13-21/h9,11,14-18,20-21,25,29H,4-8,10,12-13,19,41H2,1-3H3,(H,42,48)/t20-,21-,25+,29+/m1/s1. The molecule has 3 aliphatic rings. The molecule has 3 N–H and O–H groups in total. The summed E-state index contributed by atoms with van der Waals surface area (Å²) in [5, 5.41) is 3.81. The Morgan fingerprint density at radius 1 is 1.06 bits per heavy atom. The van der Waals surface area contributed by atoms with Gasteiger partial charge in [-0.2, -0.15) is 0 Å². The zero-order valence-electron chi connectivity index (χ0n) is 28.5. The quantitative estimate of drug-likeness (QED) is 0.240. The monoisotopic (exact) mass is 681 g/mol. The molecule has 2 aromatic carbocycles. The summed E-state index contributed by atoms with van der Waals surface area (Å²) in [4.78, 5) is 39.3. The molecule has 4 atom stereocenters. The average Bonchev–Trinajstić information content (AvgIpc) is 3.79. The third-order valence-electron chi connectivity index (χ3n) is 11.1. The van der Waals surface area contributed by atoms with Crippen molar-refractivity contribution in [3.63, 3.8) is 0 Å². The number of ether oxygens (including phenoxy) is 1. The summed E-state index contributed by atoms with van der Waals surface area (Å²) < 4.78 is 39.1. The van der Waals surface area contributed by atoms with Gasteiger partial charge in [-0.05, 0) is 87.8 Å². The van der Waals surface area contributed by atoms with E-state index in [1.165, 1.54) is 0 Å². The SMILES string of the molecule is COc1cc(C(=O)N2C[C@H](N)[C@@H]3CC[C@H]2C3)cc2nc(-c3cc4ccc5nc4n3CCCCCc3c(F)cc(F)cc3C(=O)N[C@@H]5C)n(C)c12. The van der Waals surface area contributed by atoms with E-state index in [9.17, 15) is 18.4 Å². The summed E-state index contributed by atoms with van der Waals surface area (Å²) in [5.74, 6) is -0.335. The first kappa shape index (κ1) is 32.4. The van der Waals surface area contributed by atoms with E-state index in [-0.39, 0.29) is 29.1 Å². The van der Waals surface area contributed by atoms with Crippen LogP contribution in [-0.2, 0) is 20.0 Å². The fourth-order valence-electron chi connectivity index (χ4n) is 8.37. The first-order valence-electron chi connectivity index (χ1n) is 17.5. The van der Waals surface area contributed by atoms with Crippen LogP contribution in [0.4, 0.5) is 8.78 Å². The van der Waals surface area contributed by atoms with E-state index < -0.39 is 23.6 Å². The lowest BCUT2D eigenvalue weighted by atomic mass is 9.94. The molecule has 0 spiro atoms. The molecule has 2 amide bonds. The van der Waals surface area contributed by atoms with Crippen LogP contribution >= 0.6 is 0 Å². The molecule has 3 aromatic heterocycles. The molecule has 1 saturated heterocycles. The molecule has 2 aliphatic heterocycles. The Balaban J connectivity index is 1.19. The maximum absolute atomic E-state index is 14.9. The summed E-state index contributed by atoms with van der Waals surface area (Å²) in [6.45, 7) is 2.98. The number of fused-ring (bicyclic) bond motifs is 5. The Bertz CT molecular complexity index is 2180. The van der Waals surface area contributed by atoms with Crippen LogP contribution in [0.3, 0.4) is 0 Å². The molecule has 1 aliphatic carbocycles. The first-order chi connectivity index (χ1) is 24.1. The Hall–Kier alpha value is -4.84. The highest BCUT2D eigenvalue weighted by Crippen LogP contribution is 2.39. The molecular weight excluding hydrogens is 640 g/mol. The summed E-state index contributed by atoms with van der Waals surface area (Å²) >= 11 is 0. The topological polar surface area (TPSA) is 120 Å². The number of nitrogens with one attached hydrogen (secondary N) is 1. The number of benzene rings is 2. The molecule has 260 valence electrons. The van der Waals surface area contributed by atoms with Gasteiger partial charge < -0.3 is 29.8 Å². The molecule has 2 fully saturated rings. The number of imidazole rings is 1. The Morgan fingerprint density at radius 3 is 2.72 bits per heavy atom. The number of carbonyl (C=O) groups excluding carboxylic acids is 2. The maximum atomic E-state index is 14.9. The van der Waals surface area contributed by atoms with Crippen LogP contribution in [-0.4, -0.2) is 61.6 Å². The number of methoxy groups -OCH3 is 1. The van der Waals surface area contributed by atoms with E-state index in [0.29, 0.717) is 60.2 Å². The van der Waals surface area contributed by atoms with Crippen LogP contribution in [0.15, 0.2) is 42.5 Å². The predicted octanol–water partition coefficient (Wildman–Crippen LogP) is 6.05. The summed E-state index contributed by atoms with van der Waals surface area (Å²) in [6.07, 6.45) is 5.44. The number of pyridine rings is 1. The summed E-state index contributed by atoms with van der Waals surface area (Å²) in [6, 6.07) is 11.2. The minimum absolute atomic E-state index is 0.00975. The lowest BCUT2D eigenvalue weighted by molar-refractivity contribution is 0.0603. The fraction of sp³-hybridized carbons (Fsp3) is 0.421. The number of amides is 2. The van der Waals surface area contributed by atoms with E-state index in [1.807, 2.05) is 34.7 Å². The predicted molar refractivity (Wildman–Crippen MR) is 186 cm³/mol. The number of hydrogen-bond donors (Lipinski definition) is 2. The molecule has 1 saturated carbocycles. The second-order valence-electron chi connectivity index (χ2n) is 14.1. The number of nitrogens with zero attached hydrogens (tertiary/aromatic N) is 5. The molecule has 5 aromatic rings. The van der Waals surface area contributed by atoms with Crippen molar-refractivity contribution < 1.29 is 23.1 Å². The lowest BCUT2D eigenvalue weighted by Gasteiger charge is -2.37. The highest BCUT2D eigenvalue weighted by atomic mass is 19.1. The van der Waals surface area contributed by atoms with E-state index in [0.717, 1.165) is 66.5 Å². The normalized spacial score (nSPS) is 22.5. The second-order valence-corrected chi connectivity index (χ2v) is 14.1. The van der Waals surface area contributed by atoms with Crippen LogP contribution in [0, 0.1) is 17.6 Å². The number of hydrogen-bond acceptors (Lipinski definition) is 6. The second kappa shape index (κ2) is 12.5. The van der Waals surface area contributed by atoms with Gasteiger partial charge in [0.2, 0.25) is 0 Å². The number of nitrogens with two attached hydrogens (primary N) is 1. The van der Waals surface area contributed by atoms with Crippen molar-refractivity contribution in [2.75, 3.05) is 13.7 Å². The molecule has 12 heteroatoms. The number of rotatable bonds is 3. The summed E-state index contributed by atoms with van der Waals surface area (Å²) in [5.41, 5.74) is 10.9. The van der Waals surface area contributed by atoms with Crippen molar-refractivity contribution >= 4 is 33.9 Å². The van der Waals surface area contributed by atoms with Crippen LogP contribution in [0.25, 0.3) is 33.6 Å².